The third-order valence-corrected chi connectivity index (χ3v) is 4.17. The highest BCUT2D eigenvalue weighted by Gasteiger charge is 2.45. The van der Waals surface area contributed by atoms with Gasteiger partial charge in [-0.3, -0.25) is 14.5 Å². The third kappa shape index (κ3) is 3.89. The van der Waals surface area contributed by atoms with Crippen LogP contribution in [0.25, 0.3) is 0 Å². The number of esters is 1. The zero-order valence-electron chi connectivity index (χ0n) is 14.0. The van der Waals surface area contributed by atoms with E-state index in [-0.39, 0.29) is 18.5 Å². The van der Waals surface area contributed by atoms with Crippen molar-refractivity contribution in [1.82, 2.24) is 10.2 Å². The number of ether oxygens (including phenoxy) is 2. The van der Waals surface area contributed by atoms with E-state index in [9.17, 15) is 9.59 Å². The van der Waals surface area contributed by atoms with E-state index in [1.807, 2.05) is 56.0 Å². The summed E-state index contributed by atoms with van der Waals surface area (Å²) in [6.45, 7) is 6.09. The minimum Gasteiger partial charge on any atom is -0.468 e. The third-order valence-electron chi connectivity index (χ3n) is 4.17. The van der Waals surface area contributed by atoms with E-state index in [1.165, 1.54) is 7.11 Å². The van der Waals surface area contributed by atoms with Gasteiger partial charge in [-0.05, 0) is 26.3 Å². The molecule has 0 radical (unpaired) electrons. The average molecular weight is 320 g/mol. The Hall–Kier alpha value is -1.92. The molecule has 0 aromatic heterocycles. The van der Waals surface area contributed by atoms with Gasteiger partial charge in [0.05, 0.1) is 25.8 Å². The Morgan fingerprint density at radius 1 is 1.39 bits per heavy atom. The number of hydrogen-bond acceptors (Lipinski definition) is 5. The summed E-state index contributed by atoms with van der Waals surface area (Å²) in [6, 6.07) is 9.51. The summed E-state index contributed by atoms with van der Waals surface area (Å²) in [5.41, 5.74) is 0.536. The molecule has 0 unspecified atom stereocenters. The summed E-state index contributed by atoms with van der Waals surface area (Å²) in [5.74, 6) is -0.697. The van der Waals surface area contributed by atoms with Crippen LogP contribution in [-0.4, -0.2) is 48.8 Å². The van der Waals surface area contributed by atoms with Gasteiger partial charge in [-0.1, -0.05) is 30.3 Å². The maximum Gasteiger partial charge on any atom is 0.325 e. The quantitative estimate of drug-likeness (QED) is 0.832. The molecule has 1 fully saturated rings. The molecule has 1 aromatic rings. The molecule has 1 amide bonds. The summed E-state index contributed by atoms with van der Waals surface area (Å²) in [4.78, 5) is 25.6. The normalized spacial score (nSPS) is 21.7. The van der Waals surface area contributed by atoms with Crippen molar-refractivity contribution in [2.75, 3.05) is 20.3 Å². The zero-order valence-corrected chi connectivity index (χ0v) is 14.0. The lowest BCUT2D eigenvalue weighted by molar-refractivity contribution is -0.143. The van der Waals surface area contributed by atoms with Crippen LogP contribution in [0.5, 0.6) is 0 Å². The van der Waals surface area contributed by atoms with Crippen molar-refractivity contribution < 1.29 is 19.1 Å². The highest BCUT2D eigenvalue weighted by Crippen LogP contribution is 2.38. The van der Waals surface area contributed by atoms with Crippen molar-refractivity contribution in [3.63, 3.8) is 0 Å². The molecule has 0 saturated carbocycles. The van der Waals surface area contributed by atoms with Gasteiger partial charge in [-0.2, -0.15) is 0 Å². The summed E-state index contributed by atoms with van der Waals surface area (Å²) in [6.07, 6.45) is 0. The van der Waals surface area contributed by atoms with Gasteiger partial charge in [0.2, 0.25) is 5.91 Å². The standard InChI is InChI=1S/C17H24N2O4/c1-12(16(21)18-10-15(20)22-4)19-14(11-23-17(19,2)3)13-8-6-5-7-9-13/h5-9,12,14H,10-11H2,1-4H3,(H,18,21)/t12-,14-/m1/s1. The molecule has 0 spiro atoms. The second-order valence-corrected chi connectivity index (χ2v) is 6.06. The van der Waals surface area contributed by atoms with Crippen LogP contribution in [0.3, 0.4) is 0 Å². The Morgan fingerprint density at radius 3 is 2.65 bits per heavy atom. The minimum absolute atomic E-state index is 0.00919. The van der Waals surface area contributed by atoms with Gasteiger partial charge >= 0.3 is 5.97 Å². The first-order chi connectivity index (χ1) is 10.9. The monoisotopic (exact) mass is 320 g/mol. The maximum absolute atomic E-state index is 12.4. The topological polar surface area (TPSA) is 67.9 Å². The molecule has 126 valence electrons. The van der Waals surface area contributed by atoms with Crippen molar-refractivity contribution in [3.8, 4) is 0 Å². The second kappa shape index (κ2) is 7.10. The Bertz CT molecular complexity index is 559. The van der Waals surface area contributed by atoms with Gasteiger partial charge in [0, 0.05) is 0 Å². The Kier molecular flexibility index (Phi) is 5.38. The van der Waals surface area contributed by atoms with Crippen LogP contribution in [0.1, 0.15) is 32.4 Å². The molecule has 23 heavy (non-hydrogen) atoms. The second-order valence-electron chi connectivity index (χ2n) is 6.06. The number of nitrogens with one attached hydrogen (secondary N) is 1. The molecule has 1 aromatic carbocycles. The van der Waals surface area contributed by atoms with Crippen molar-refractivity contribution in [3.05, 3.63) is 35.9 Å². The van der Waals surface area contributed by atoms with Gasteiger partial charge in [-0.15, -0.1) is 0 Å². The first-order valence-electron chi connectivity index (χ1n) is 7.68. The first kappa shape index (κ1) is 17.4. The maximum atomic E-state index is 12.4. The van der Waals surface area contributed by atoms with Crippen LogP contribution < -0.4 is 5.32 Å². The summed E-state index contributed by atoms with van der Waals surface area (Å²) < 4.78 is 10.4. The fourth-order valence-electron chi connectivity index (χ4n) is 2.99. The van der Waals surface area contributed by atoms with E-state index in [1.54, 1.807) is 0 Å². The van der Waals surface area contributed by atoms with Crippen LogP contribution in [0.4, 0.5) is 0 Å². The molecular weight excluding hydrogens is 296 g/mol. The number of carbonyl (C=O) groups is 2. The predicted molar refractivity (Wildman–Crippen MR) is 85.5 cm³/mol. The van der Waals surface area contributed by atoms with Gasteiger partial charge < -0.3 is 14.8 Å². The highest BCUT2D eigenvalue weighted by molar-refractivity contribution is 5.85. The highest BCUT2D eigenvalue weighted by atomic mass is 16.5. The average Bonchev–Trinajstić information content (AvgIpc) is 2.87. The number of hydrogen-bond donors (Lipinski definition) is 1. The van der Waals surface area contributed by atoms with Crippen LogP contribution in [0.15, 0.2) is 30.3 Å². The Morgan fingerprint density at radius 2 is 2.04 bits per heavy atom. The molecule has 1 aliphatic heterocycles. The van der Waals surface area contributed by atoms with E-state index in [0.29, 0.717) is 6.61 Å². The molecule has 2 rings (SSSR count). The number of rotatable bonds is 5. The largest absolute Gasteiger partial charge is 0.468 e. The minimum atomic E-state index is -0.567. The smallest absolute Gasteiger partial charge is 0.325 e. The van der Waals surface area contributed by atoms with Crippen molar-refractivity contribution in [1.29, 1.82) is 0 Å². The SMILES string of the molecule is COC(=O)CNC(=O)[C@@H](C)N1[C@@H](c2ccccc2)COC1(C)C. The molecule has 0 aliphatic carbocycles. The fraction of sp³-hybridized carbons (Fsp3) is 0.529. The lowest BCUT2D eigenvalue weighted by atomic mass is 10.0. The molecule has 1 aliphatic rings. The molecule has 1 N–H and O–H groups in total. The molecule has 6 heteroatoms. The molecule has 2 atom stereocenters. The number of carbonyl (C=O) groups excluding carboxylic acids is 2. The number of benzene rings is 1. The predicted octanol–water partition coefficient (Wildman–Crippen LogP) is 1.47. The van der Waals surface area contributed by atoms with E-state index in [4.69, 9.17) is 4.74 Å². The van der Waals surface area contributed by atoms with E-state index < -0.39 is 17.7 Å². The summed E-state index contributed by atoms with van der Waals surface area (Å²) >= 11 is 0. The first-order valence-corrected chi connectivity index (χ1v) is 7.68. The lowest BCUT2D eigenvalue weighted by Crippen LogP contribution is -2.53. The Labute approximate surface area is 136 Å². The molecule has 0 bridgehead atoms. The van der Waals surface area contributed by atoms with Crippen molar-refractivity contribution >= 4 is 11.9 Å². The number of methoxy groups -OCH3 is 1. The van der Waals surface area contributed by atoms with E-state index in [2.05, 4.69) is 10.1 Å². The molecule has 6 nitrogen and oxygen atoms in total. The van der Waals surface area contributed by atoms with Gasteiger partial charge in [0.25, 0.3) is 0 Å². The molecular formula is C17H24N2O4. The fourth-order valence-corrected chi connectivity index (χ4v) is 2.99. The number of nitrogens with zero attached hydrogens (tertiary/aromatic N) is 1. The Balaban J connectivity index is 2.15. The lowest BCUT2D eigenvalue weighted by Gasteiger charge is -2.37. The van der Waals surface area contributed by atoms with E-state index in [0.717, 1.165) is 5.56 Å². The van der Waals surface area contributed by atoms with Gasteiger partial charge in [0.15, 0.2) is 0 Å². The van der Waals surface area contributed by atoms with Crippen molar-refractivity contribution in [2.45, 2.75) is 38.6 Å². The van der Waals surface area contributed by atoms with Crippen LogP contribution in [0.2, 0.25) is 0 Å². The zero-order chi connectivity index (χ0) is 17.0. The van der Waals surface area contributed by atoms with Gasteiger partial charge in [-0.25, -0.2) is 0 Å². The summed E-state index contributed by atoms with van der Waals surface area (Å²) in [7, 11) is 1.29. The summed E-state index contributed by atoms with van der Waals surface area (Å²) in [5, 5.41) is 2.61. The van der Waals surface area contributed by atoms with Crippen LogP contribution in [-0.2, 0) is 19.1 Å². The van der Waals surface area contributed by atoms with Gasteiger partial charge in [0.1, 0.15) is 12.3 Å². The van der Waals surface area contributed by atoms with Crippen LogP contribution >= 0.6 is 0 Å². The molecule has 1 heterocycles. The number of amides is 1. The van der Waals surface area contributed by atoms with Crippen molar-refractivity contribution in [2.24, 2.45) is 0 Å². The molecule has 1 saturated heterocycles. The van der Waals surface area contributed by atoms with Crippen LogP contribution in [0, 0.1) is 0 Å². The van der Waals surface area contributed by atoms with E-state index >= 15 is 0 Å².